The molecule has 0 unspecified atom stereocenters. The van der Waals surface area contributed by atoms with Crippen LogP contribution in [-0.2, 0) is 0 Å². The lowest BCUT2D eigenvalue weighted by atomic mass is 10.2. The number of nitrogens with one attached hydrogen (secondary N) is 1. The Hall–Kier alpha value is -1.18. The molecule has 3 aromatic rings. The maximum Gasteiger partial charge on any atom is 0.182 e. The summed E-state index contributed by atoms with van der Waals surface area (Å²) in [5.74, 6) is 0.386. The highest BCUT2D eigenvalue weighted by molar-refractivity contribution is 9.10. The minimum absolute atomic E-state index is 0.335. The van der Waals surface area contributed by atoms with Gasteiger partial charge in [-0.25, -0.2) is 4.39 Å². The molecule has 108 valence electrons. The van der Waals surface area contributed by atoms with Gasteiger partial charge in [0.25, 0.3) is 0 Å². The van der Waals surface area contributed by atoms with E-state index in [1.54, 1.807) is 17.7 Å². The Bertz CT molecular complexity index is 904. The molecule has 1 N–H and O–H groups in total. The highest BCUT2D eigenvalue weighted by Crippen LogP contribution is 2.30. The molecule has 0 atom stereocenters. The van der Waals surface area contributed by atoms with Crippen molar-refractivity contribution < 1.29 is 9.13 Å². The lowest BCUT2D eigenvalue weighted by Crippen LogP contribution is -1.95. The van der Waals surface area contributed by atoms with Crippen LogP contribution < -0.4 is 4.74 Å². The molecule has 0 fully saturated rings. The third kappa shape index (κ3) is 2.54. The number of hydrogen-bond acceptors (Lipinski definition) is 2. The van der Waals surface area contributed by atoms with Crippen LogP contribution >= 0.6 is 44.1 Å². The molecule has 3 rings (SSSR count). The van der Waals surface area contributed by atoms with Gasteiger partial charge in [-0.2, -0.15) is 0 Å². The van der Waals surface area contributed by atoms with Crippen LogP contribution in [0.15, 0.2) is 39.3 Å². The van der Waals surface area contributed by atoms with Gasteiger partial charge in [-0.3, -0.25) is 4.57 Å². The Morgan fingerprint density at radius 2 is 1.95 bits per heavy atom. The summed E-state index contributed by atoms with van der Waals surface area (Å²) in [5, 5.41) is 0. The predicted molar refractivity (Wildman–Crippen MR) is 90.4 cm³/mol. The van der Waals surface area contributed by atoms with Gasteiger partial charge in [0, 0.05) is 11.8 Å². The number of imidazole rings is 1. The van der Waals surface area contributed by atoms with Crippen molar-refractivity contribution in [3.05, 3.63) is 49.9 Å². The van der Waals surface area contributed by atoms with Gasteiger partial charge in [0.2, 0.25) is 0 Å². The number of benzene rings is 2. The van der Waals surface area contributed by atoms with Gasteiger partial charge in [0.05, 0.1) is 27.1 Å². The fourth-order valence-corrected chi connectivity index (χ4v) is 3.34. The van der Waals surface area contributed by atoms with Crippen molar-refractivity contribution >= 4 is 55.1 Å². The fourth-order valence-electron chi connectivity index (χ4n) is 2.15. The molecule has 3 nitrogen and oxygen atoms in total. The fraction of sp³-hybridized carbons (Fsp3) is 0.0714. The number of hydrogen-bond donors (Lipinski definition) is 1. The van der Waals surface area contributed by atoms with E-state index in [2.05, 4.69) is 36.8 Å². The number of halogens is 3. The van der Waals surface area contributed by atoms with E-state index >= 15 is 0 Å². The molecule has 0 aliphatic carbocycles. The second-order valence-electron chi connectivity index (χ2n) is 4.37. The number of nitrogens with zero attached hydrogens (tertiary/aromatic N) is 1. The van der Waals surface area contributed by atoms with Crippen molar-refractivity contribution in [3.8, 4) is 11.4 Å². The van der Waals surface area contributed by atoms with Crippen molar-refractivity contribution in [1.29, 1.82) is 0 Å². The van der Waals surface area contributed by atoms with E-state index in [1.807, 2.05) is 18.2 Å². The lowest BCUT2D eigenvalue weighted by molar-refractivity contribution is 0.412. The number of H-pyrrole nitrogens is 1. The molecule has 2 aromatic carbocycles. The van der Waals surface area contributed by atoms with Crippen molar-refractivity contribution in [2.24, 2.45) is 0 Å². The molecular weight excluding hydrogens is 423 g/mol. The maximum absolute atomic E-state index is 13.8. The first-order chi connectivity index (χ1) is 10.0. The molecule has 0 radical (unpaired) electrons. The Labute approximate surface area is 142 Å². The summed E-state index contributed by atoms with van der Waals surface area (Å²) >= 11 is 12.0. The van der Waals surface area contributed by atoms with Gasteiger partial charge in [-0.1, -0.05) is 0 Å². The van der Waals surface area contributed by atoms with E-state index in [0.29, 0.717) is 14.8 Å². The van der Waals surface area contributed by atoms with Crippen molar-refractivity contribution in [2.75, 3.05) is 7.11 Å². The second-order valence-corrected chi connectivity index (χ2v) is 6.46. The SMILES string of the molecule is COc1ccc(-n2c(=S)[nH]c3cc(Br)c(F)cc32)cc1Br. The molecular formula is C14H9Br2FN2OS. The lowest BCUT2D eigenvalue weighted by Gasteiger charge is -2.08. The zero-order chi connectivity index (χ0) is 15.1. The third-order valence-electron chi connectivity index (χ3n) is 3.12. The van der Waals surface area contributed by atoms with Gasteiger partial charge in [-0.05, 0) is 68.3 Å². The first-order valence-electron chi connectivity index (χ1n) is 5.95. The first-order valence-corrected chi connectivity index (χ1v) is 7.94. The second kappa shape index (κ2) is 5.55. The Morgan fingerprint density at radius 3 is 2.62 bits per heavy atom. The highest BCUT2D eigenvalue weighted by Gasteiger charge is 2.11. The van der Waals surface area contributed by atoms with Crippen LogP contribution in [0.3, 0.4) is 0 Å². The molecule has 7 heteroatoms. The van der Waals surface area contributed by atoms with Crippen molar-refractivity contribution in [3.63, 3.8) is 0 Å². The van der Waals surface area contributed by atoms with Gasteiger partial charge >= 0.3 is 0 Å². The largest absolute Gasteiger partial charge is 0.496 e. The van der Waals surface area contributed by atoms with E-state index in [4.69, 9.17) is 17.0 Å². The molecule has 0 saturated carbocycles. The summed E-state index contributed by atoms with van der Waals surface area (Å²) in [4.78, 5) is 3.08. The smallest absolute Gasteiger partial charge is 0.182 e. The van der Waals surface area contributed by atoms with Crippen molar-refractivity contribution in [2.45, 2.75) is 0 Å². The summed E-state index contributed by atoms with van der Waals surface area (Å²) in [6.45, 7) is 0. The van der Waals surface area contributed by atoms with Gasteiger partial charge in [0.15, 0.2) is 4.77 Å². The Balaban J connectivity index is 2.29. The van der Waals surface area contributed by atoms with Crippen LogP contribution in [0.1, 0.15) is 0 Å². The van der Waals surface area contributed by atoms with Gasteiger partial charge < -0.3 is 9.72 Å². The average molecular weight is 432 g/mol. The monoisotopic (exact) mass is 430 g/mol. The van der Waals surface area contributed by atoms with Crippen LogP contribution in [0.5, 0.6) is 5.75 Å². The normalized spacial score (nSPS) is 11.0. The summed E-state index contributed by atoms with van der Waals surface area (Å²) in [6, 6.07) is 8.70. The van der Waals surface area contributed by atoms with E-state index in [9.17, 15) is 4.39 Å². The van der Waals surface area contributed by atoms with E-state index < -0.39 is 0 Å². The summed E-state index contributed by atoms with van der Waals surface area (Å²) in [7, 11) is 1.60. The summed E-state index contributed by atoms with van der Waals surface area (Å²) in [5.41, 5.74) is 2.26. The molecule has 0 saturated heterocycles. The molecule has 1 aromatic heterocycles. The highest BCUT2D eigenvalue weighted by atomic mass is 79.9. The van der Waals surface area contributed by atoms with Crippen LogP contribution in [0.25, 0.3) is 16.7 Å². The molecule has 0 aliphatic rings. The number of rotatable bonds is 2. The third-order valence-corrected chi connectivity index (χ3v) is 4.63. The summed E-state index contributed by atoms with van der Waals surface area (Å²) < 4.78 is 22.5. The average Bonchev–Trinajstić information content (AvgIpc) is 2.74. The maximum atomic E-state index is 13.8. The van der Waals surface area contributed by atoms with Gasteiger partial charge in [-0.15, -0.1) is 0 Å². The van der Waals surface area contributed by atoms with E-state index in [0.717, 1.165) is 21.4 Å². The molecule has 0 bridgehead atoms. The number of aromatic nitrogens is 2. The zero-order valence-electron chi connectivity index (χ0n) is 10.8. The predicted octanol–water partition coefficient (Wildman–Crippen LogP) is 5.36. The number of aromatic amines is 1. The molecule has 0 amide bonds. The number of ether oxygens (including phenoxy) is 1. The quantitative estimate of drug-likeness (QED) is 0.553. The Kier molecular flexibility index (Phi) is 3.90. The van der Waals surface area contributed by atoms with Crippen LogP contribution in [0.4, 0.5) is 4.39 Å². The van der Waals surface area contributed by atoms with Gasteiger partial charge in [0.1, 0.15) is 11.6 Å². The molecule has 0 spiro atoms. The minimum atomic E-state index is -0.335. The molecule has 0 aliphatic heterocycles. The standard InChI is InChI=1S/C14H9Br2FN2OS/c1-20-13-3-2-7(4-9(13)16)19-12-6-10(17)8(15)5-11(12)18-14(19)21/h2-6H,1H3,(H,18,21). The van der Waals surface area contributed by atoms with E-state index in [-0.39, 0.29) is 5.82 Å². The van der Waals surface area contributed by atoms with Crippen LogP contribution in [0, 0.1) is 10.6 Å². The molecule has 1 heterocycles. The van der Waals surface area contributed by atoms with E-state index in [1.165, 1.54) is 6.07 Å². The van der Waals surface area contributed by atoms with Crippen LogP contribution in [-0.4, -0.2) is 16.7 Å². The molecule has 21 heavy (non-hydrogen) atoms. The zero-order valence-corrected chi connectivity index (χ0v) is 14.8. The number of fused-ring (bicyclic) bond motifs is 1. The summed E-state index contributed by atoms with van der Waals surface area (Å²) in [6.07, 6.45) is 0. The first kappa shape index (κ1) is 14.7. The Morgan fingerprint density at radius 1 is 1.19 bits per heavy atom. The number of methoxy groups -OCH3 is 1. The van der Waals surface area contributed by atoms with Crippen molar-refractivity contribution in [1.82, 2.24) is 9.55 Å². The van der Waals surface area contributed by atoms with Crippen LogP contribution in [0.2, 0.25) is 0 Å². The minimum Gasteiger partial charge on any atom is -0.496 e. The topological polar surface area (TPSA) is 29.9 Å².